The first-order valence-electron chi connectivity index (χ1n) is 6.57. The van der Waals surface area contributed by atoms with Crippen molar-refractivity contribution in [2.24, 2.45) is 7.05 Å². The summed E-state index contributed by atoms with van der Waals surface area (Å²) in [4.78, 5) is 6.84. The van der Waals surface area contributed by atoms with E-state index in [0.29, 0.717) is 6.04 Å². The van der Waals surface area contributed by atoms with Gasteiger partial charge in [-0.2, -0.15) is 0 Å². The van der Waals surface area contributed by atoms with Gasteiger partial charge < -0.3 is 14.8 Å². The molecular formula is C13H26N4. The fourth-order valence-corrected chi connectivity index (χ4v) is 2.04. The van der Waals surface area contributed by atoms with Gasteiger partial charge >= 0.3 is 0 Å². The van der Waals surface area contributed by atoms with E-state index >= 15 is 0 Å². The summed E-state index contributed by atoms with van der Waals surface area (Å²) in [7, 11) is 4.09. The van der Waals surface area contributed by atoms with E-state index < -0.39 is 0 Å². The Morgan fingerprint density at radius 1 is 1.41 bits per heavy atom. The molecule has 0 amide bonds. The highest BCUT2D eigenvalue weighted by molar-refractivity contribution is 4.94. The summed E-state index contributed by atoms with van der Waals surface area (Å²) < 4.78 is 2.10. The Labute approximate surface area is 105 Å². The Morgan fingerprint density at radius 2 is 2.12 bits per heavy atom. The summed E-state index contributed by atoms with van der Waals surface area (Å²) in [5.41, 5.74) is 0. The molecule has 0 radical (unpaired) electrons. The molecule has 0 saturated carbocycles. The Morgan fingerprint density at radius 3 is 2.59 bits per heavy atom. The third-order valence-electron chi connectivity index (χ3n) is 3.45. The Balaban J connectivity index is 2.41. The highest BCUT2D eigenvalue weighted by Crippen LogP contribution is 2.04. The van der Waals surface area contributed by atoms with Gasteiger partial charge in [-0.25, -0.2) is 4.98 Å². The van der Waals surface area contributed by atoms with Crippen LogP contribution in [0.5, 0.6) is 0 Å². The van der Waals surface area contributed by atoms with Gasteiger partial charge in [-0.3, -0.25) is 0 Å². The van der Waals surface area contributed by atoms with Gasteiger partial charge in [0.25, 0.3) is 0 Å². The fourth-order valence-electron chi connectivity index (χ4n) is 2.04. The average Bonchev–Trinajstić information content (AvgIpc) is 2.74. The number of aryl methyl sites for hydroxylation is 1. The van der Waals surface area contributed by atoms with Crippen molar-refractivity contribution in [2.75, 3.05) is 26.7 Å². The van der Waals surface area contributed by atoms with Gasteiger partial charge in [0, 0.05) is 31.9 Å². The van der Waals surface area contributed by atoms with Gasteiger partial charge in [0.1, 0.15) is 5.82 Å². The van der Waals surface area contributed by atoms with Crippen LogP contribution in [0.15, 0.2) is 12.4 Å². The van der Waals surface area contributed by atoms with Crippen LogP contribution in [-0.2, 0) is 13.5 Å². The average molecular weight is 238 g/mol. The van der Waals surface area contributed by atoms with Crippen molar-refractivity contribution in [3.63, 3.8) is 0 Å². The Kier molecular flexibility index (Phi) is 6.22. The van der Waals surface area contributed by atoms with E-state index in [1.54, 1.807) is 0 Å². The molecule has 4 nitrogen and oxygen atoms in total. The van der Waals surface area contributed by atoms with Crippen LogP contribution < -0.4 is 5.32 Å². The smallest absolute Gasteiger partial charge is 0.109 e. The van der Waals surface area contributed by atoms with E-state index in [2.05, 4.69) is 40.7 Å². The van der Waals surface area contributed by atoms with Crippen LogP contribution in [0.25, 0.3) is 0 Å². The maximum absolute atomic E-state index is 4.38. The van der Waals surface area contributed by atoms with Gasteiger partial charge in [-0.15, -0.1) is 0 Å². The second-order valence-corrected chi connectivity index (χ2v) is 4.46. The summed E-state index contributed by atoms with van der Waals surface area (Å²) in [5.74, 6) is 1.16. The number of imidazole rings is 1. The molecule has 1 aromatic rings. The normalized spacial score (nSPS) is 13.2. The summed E-state index contributed by atoms with van der Waals surface area (Å²) in [6, 6.07) is 0.511. The van der Waals surface area contributed by atoms with Crippen molar-refractivity contribution < 1.29 is 0 Å². The van der Waals surface area contributed by atoms with Crippen molar-refractivity contribution >= 4 is 0 Å². The molecule has 0 bridgehead atoms. The van der Waals surface area contributed by atoms with Gasteiger partial charge in [0.05, 0.1) is 0 Å². The molecule has 4 heteroatoms. The predicted octanol–water partition coefficient (Wildman–Crippen LogP) is 1.28. The maximum Gasteiger partial charge on any atom is 0.109 e. The summed E-state index contributed by atoms with van der Waals surface area (Å²) in [6.45, 7) is 7.86. The van der Waals surface area contributed by atoms with Gasteiger partial charge in [0.2, 0.25) is 0 Å². The summed E-state index contributed by atoms with van der Waals surface area (Å²) >= 11 is 0. The highest BCUT2D eigenvalue weighted by Gasteiger charge is 2.11. The van der Waals surface area contributed by atoms with Crippen LogP contribution in [0.1, 0.15) is 26.1 Å². The second kappa shape index (κ2) is 7.45. The van der Waals surface area contributed by atoms with Crippen LogP contribution in [0.2, 0.25) is 0 Å². The molecule has 0 aliphatic rings. The Hall–Kier alpha value is -0.870. The molecule has 1 N–H and O–H groups in total. The Bertz CT molecular complexity index is 304. The number of hydrogen-bond donors (Lipinski definition) is 1. The zero-order chi connectivity index (χ0) is 12.7. The molecular weight excluding hydrogens is 212 g/mol. The van der Waals surface area contributed by atoms with Crippen LogP contribution in [0.4, 0.5) is 0 Å². The molecule has 1 unspecified atom stereocenters. The molecule has 1 rings (SSSR count). The maximum atomic E-state index is 4.38. The van der Waals surface area contributed by atoms with Crippen molar-refractivity contribution in [3.05, 3.63) is 18.2 Å². The van der Waals surface area contributed by atoms with E-state index in [0.717, 1.165) is 31.9 Å². The number of rotatable bonds is 8. The topological polar surface area (TPSA) is 33.1 Å². The fraction of sp³-hybridized carbons (Fsp3) is 0.769. The van der Waals surface area contributed by atoms with Gasteiger partial charge in [-0.1, -0.05) is 13.8 Å². The number of hydrogen-bond acceptors (Lipinski definition) is 3. The minimum atomic E-state index is 0.511. The summed E-state index contributed by atoms with van der Waals surface area (Å²) in [5, 5.41) is 3.39. The van der Waals surface area contributed by atoms with Gasteiger partial charge in [0.15, 0.2) is 0 Å². The van der Waals surface area contributed by atoms with Gasteiger partial charge in [-0.05, 0) is 33.1 Å². The molecule has 1 heterocycles. The number of nitrogens with one attached hydrogen (secondary N) is 1. The number of likely N-dealkylation sites (N-methyl/N-ethyl adjacent to an activating group) is 1. The largest absolute Gasteiger partial charge is 0.338 e. The van der Waals surface area contributed by atoms with Crippen molar-refractivity contribution in [1.29, 1.82) is 0 Å². The predicted molar refractivity (Wildman–Crippen MR) is 72.2 cm³/mol. The quantitative estimate of drug-likeness (QED) is 0.741. The lowest BCUT2D eigenvalue weighted by Crippen LogP contribution is -2.34. The van der Waals surface area contributed by atoms with E-state index in [-0.39, 0.29) is 0 Å². The van der Waals surface area contributed by atoms with Crippen molar-refractivity contribution in [2.45, 2.75) is 32.7 Å². The van der Waals surface area contributed by atoms with Crippen LogP contribution in [0, 0.1) is 0 Å². The van der Waals surface area contributed by atoms with Crippen LogP contribution in [-0.4, -0.2) is 47.2 Å². The molecule has 0 aromatic carbocycles. The first kappa shape index (κ1) is 14.2. The third kappa shape index (κ3) is 4.48. The molecule has 0 aliphatic heterocycles. The molecule has 0 aliphatic carbocycles. The zero-order valence-corrected chi connectivity index (χ0v) is 11.6. The minimum absolute atomic E-state index is 0.511. The first-order chi connectivity index (χ1) is 8.21. The molecule has 1 aromatic heterocycles. The molecule has 0 fully saturated rings. The lowest BCUT2D eigenvalue weighted by Gasteiger charge is -2.22. The first-order valence-corrected chi connectivity index (χ1v) is 6.57. The lowest BCUT2D eigenvalue weighted by atomic mass is 10.1. The minimum Gasteiger partial charge on any atom is -0.338 e. The van der Waals surface area contributed by atoms with Crippen LogP contribution in [0.3, 0.4) is 0 Å². The molecule has 1 atom stereocenters. The van der Waals surface area contributed by atoms with E-state index in [4.69, 9.17) is 0 Å². The highest BCUT2D eigenvalue weighted by atomic mass is 15.1. The second-order valence-electron chi connectivity index (χ2n) is 4.46. The van der Waals surface area contributed by atoms with Crippen LogP contribution >= 0.6 is 0 Å². The molecule has 17 heavy (non-hydrogen) atoms. The van der Waals surface area contributed by atoms with E-state index in [1.807, 2.05) is 19.4 Å². The molecule has 0 spiro atoms. The van der Waals surface area contributed by atoms with E-state index in [1.165, 1.54) is 6.42 Å². The SMILES string of the molecule is CCN(CC)CCC(Cc1nccn1C)NC. The molecule has 98 valence electrons. The van der Waals surface area contributed by atoms with Crippen molar-refractivity contribution in [3.8, 4) is 0 Å². The lowest BCUT2D eigenvalue weighted by molar-refractivity contribution is 0.282. The zero-order valence-electron chi connectivity index (χ0n) is 11.6. The number of aromatic nitrogens is 2. The monoisotopic (exact) mass is 238 g/mol. The van der Waals surface area contributed by atoms with E-state index in [9.17, 15) is 0 Å². The standard InChI is InChI=1S/C13H26N4/c1-5-17(6-2)9-7-12(14-3)11-13-15-8-10-16(13)4/h8,10,12,14H,5-7,9,11H2,1-4H3. The summed E-state index contributed by atoms with van der Waals surface area (Å²) in [6.07, 6.45) is 6.05. The van der Waals surface area contributed by atoms with Crippen molar-refractivity contribution in [1.82, 2.24) is 19.8 Å². The third-order valence-corrected chi connectivity index (χ3v) is 3.45. The number of nitrogens with zero attached hydrogens (tertiary/aromatic N) is 3. The molecule has 0 saturated heterocycles.